The van der Waals surface area contributed by atoms with Crippen LogP contribution in [0.2, 0.25) is 0 Å². The quantitative estimate of drug-likeness (QED) is 0.597. The topological polar surface area (TPSA) is 116 Å². The molecule has 1 fully saturated rings. The molecule has 0 aliphatic carbocycles. The zero-order valence-corrected chi connectivity index (χ0v) is 17.0. The number of aliphatic hydroxyl groups is 1. The molecule has 1 aromatic carbocycles. The summed E-state index contributed by atoms with van der Waals surface area (Å²) in [7, 11) is -0.963. The second kappa shape index (κ2) is 9.85. The number of nitrogens with one attached hydrogen (secondary N) is 1. The minimum Gasteiger partial charge on any atom is -0.452 e. The Kier molecular flexibility index (Phi) is 7.78. The zero-order valence-electron chi connectivity index (χ0n) is 16.2. The summed E-state index contributed by atoms with van der Waals surface area (Å²) in [6.07, 6.45) is 2.94. The molecule has 0 saturated carbocycles. The van der Waals surface area contributed by atoms with Crippen LogP contribution >= 0.6 is 0 Å². The highest BCUT2D eigenvalue weighted by Gasteiger charge is 2.23. The predicted molar refractivity (Wildman–Crippen MR) is 104 cm³/mol. The van der Waals surface area contributed by atoms with Gasteiger partial charge in [-0.3, -0.25) is 4.79 Å². The monoisotopic (exact) mass is 413 g/mol. The van der Waals surface area contributed by atoms with Gasteiger partial charge >= 0.3 is 5.97 Å². The van der Waals surface area contributed by atoms with E-state index in [2.05, 4.69) is 5.32 Å². The van der Waals surface area contributed by atoms with Crippen LogP contribution in [0.15, 0.2) is 23.1 Å². The van der Waals surface area contributed by atoms with Gasteiger partial charge < -0.3 is 20.1 Å². The maximum absolute atomic E-state index is 12.6. The van der Waals surface area contributed by atoms with Crippen molar-refractivity contribution in [3.63, 3.8) is 0 Å². The molecule has 2 N–H and O–H groups in total. The first kappa shape index (κ1) is 22.1. The van der Waals surface area contributed by atoms with E-state index in [-0.39, 0.29) is 29.5 Å². The Labute approximate surface area is 165 Å². The molecule has 1 heterocycles. The summed E-state index contributed by atoms with van der Waals surface area (Å²) in [5, 5.41) is 11.9. The third-order valence-corrected chi connectivity index (χ3v) is 6.26. The number of likely N-dealkylation sites (tertiary alicyclic amines) is 1. The van der Waals surface area contributed by atoms with E-state index in [0.29, 0.717) is 18.8 Å². The summed E-state index contributed by atoms with van der Waals surface area (Å²) in [5.41, 5.74) is 0.310. The van der Waals surface area contributed by atoms with Crippen molar-refractivity contribution in [3.05, 3.63) is 23.8 Å². The molecular formula is C18H27N3O6S. The van der Waals surface area contributed by atoms with Crippen LogP contribution in [0, 0.1) is 0 Å². The van der Waals surface area contributed by atoms with E-state index in [9.17, 15) is 18.0 Å². The van der Waals surface area contributed by atoms with E-state index in [1.807, 2.05) is 0 Å². The number of amides is 1. The number of hydrogen-bond donors (Lipinski definition) is 2. The van der Waals surface area contributed by atoms with Gasteiger partial charge in [-0.2, -0.15) is 0 Å². The predicted octanol–water partition coefficient (Wildman–Crippen LogP) is 0.510. The lowest BCUT2D eigenvalue weighted by atomic mass is 10.1. The average Bonchev–Trinajstić information content (AvgIpc) is 2.70. The van der Waals surface area contributed by atoms with E-state index < -0.39 is 22.6 Å². The number of carbonyl (C=O) groups is 2. The van der Waals surface area contributed by atoms with Gasteiger partial charge in [0.2, 0.25) is 10.0 Å². The number of piperidine rings is 1. The molecular weight excluding hydrogens is 386 g/mol. The van der Waals surface area contributed by atoms with Crippen molar-refractivity contribution in [2.45, 2.75) is 24.2 Å². The van der Waals surface area contributed by atoms with Crippen LogP contribution in [0.3, 0.4) is 0 Å². The molecule has 0 atom stereocenters. The fourth-order valence-corrected chi connectivity index (χ4v) is 3.78. The van der Waals surface area contributed by atoms with Gasteiger partial charge in [-0.1, -0.05) is 0 Å². The van der Waals surface area contributed by atoms with Crippen LogP contribution in [0.25, 0.3) is 0 Å². The molecule has 9 nitrogen and oxygen atoms in total. The van der Waals surface area contributed by atoms with Crippen LogP contribution in [0.5, 0.6) is 0 Å². The SMILES string of the molecule is CN(C)S(=O)(=O)c1ccc(NCCO)c(C(=O)OCC(=O)N2CCCCC2)c1. The van der Waals surface area contributed by atoms with Gasteiger partial charge in [-0.25, -0.2) is 17.5 Å². The molecule has 10 heteroatoms. The fourth-order valence-electron chi connectivity index (χ4n) is 2.85. The van der Waals surface area contributed by atoms with Gasteiger partial charge in [0.1, 0.15) is 0 Å². The molecule has 1 aromatic rings. The number of aliphatic hydroxyl groups excluding tert-OH is 1. The van der Waals surface area contributed by atoms with Gasteiger partial charge in [0, 0.05) is 39.4 Å². The van der Waals surface area contributed by atoms with E-state index in [0.717, 1.165) is 23.6 Å². The number of rotatable bonds is 8. The molecule has 0 unspecified atom stereocenters. The van der Waals surface area contributed by atoms with Crippen LogP contribution in [-0.2, 0) is 19.6 Å². The first-order valence-electron chi connectivity index (χ1n) is 9.13. The maximum Gasteiger partial charge on any atom is 0.340 e. The van der Waals surface area contributed by atoms with Crippen molar-refractivity contribution in [3.8, 4) is 0 Å². The molecule has 0 aromatic heterocycles. The summed E-state index contributed by atoms with van der Waals surface area (Å²) < 4.78 is 30.9. The van der Waals surface area contributed by atoms with Crippen LogP contribution in [-0.4, -0.2) is 81.5 Å². The number of ether oxygens (including phenoxy) is 1. The lowest BCUT2D eigenvalue weighted by molar-refractivity contribution is -0.135. The third-order valence-electron chi connectivity index (χ3n) is 4.45. The van der Waals surface area contributed by atoms with Crippen molar-refractivity contribution in [2.75, 3.05) is 52.3 Å². The molecule has 1 aliphatic heterocycles. The highest BCUT2D eigenvalue weighted by atomic mass is 32.2. The van der Waals surface area contributed by atoms with Crippen LogP contribution in [0.1, 0.15) is 29.6 Å². The Bertz CT molecular complexity index is 804. The standard InChI is InChI=1S/C18H27N3O6S/c1-20(2)28(25,26)14-6-7-16(19-8-11-22)15(12-14)18(24)27-13-17(23)21-9-4-3-5-10-21/h6-7,12,19,22H,3-5,8-11,13H2,1-2H3. The van der Waals surface area contributed by atoms with E-state index in [1.165, 1.54) is 32.3 Å². The fraction of sp³-hybridized carbons (Fsp3) is 0.556. The summed E-state index contributed by atoms with van der Waals surface area (Å²) in [6.45, 7) is 0.905. The first-order chi connectivity index (χ1) is 13.3. The lowest BCUT2D eigenvalue weighted by Crippen LogP contribution is -2.38. The van der Waals surface area contributed by atoms with Crippen molar-refractivity contribution >= 4 is 27.6 Å². The Balaban J connectivity index is 2.19. The molecule has 1 saturated heterocycles. The lowest BCUT2D eigenvalue weighted by Gasteiger charge is -2.26. The highest BCUT2D eigenvalue weighted by Crippen LogP contribution is 2.23. The van der Waals surface area contributed by atoms with Gasteiger partial charge in [0.25, 0.3) is 5.91 Å². The van der Waals surface area contributed by atoms with Crippen molar-refractivity contribution in [1.82, 2.24) is 9.21 Å². The maximum atomic E-state index is 12.6. The van der Waals surface area contributed by atoms with Crippen LogP contribution in [0.4, 0.5) is 5.69 Å². The van der Waals surface area contributed by atoms with Gasteiger partial charge in [-0.15, -0.1) is 0 Å². The van der Waals surface area contributed by atoms with Gasteiger partial charge in [0.15, 0.2) is 6.61 Å². The van der Waals surface area contributed by atoms with Gasteiger partial charge in [-0.05, 0) is 37.5 Å². The molecule has 1 aliphatic rings. The smallest absolute Gasteiger partial charge is 0.340 e. The molecule has 156 valence electrons. The average molecular weight is 413 g/mol. The van der Waals surface area contributed by atoms with E-state index in [4.69, 9.17) is 9.84 Å². The summed E-state index contributed by atoms with van der Waals surface area (Å²) in [5.74, 6) is -1.07. The number of esters is 1. The number of sulfonamides is 1. The molecule has 28 heavy (non-hydrogen) atoms. The normalized spacial score (nSPS) is 14.8. The molecule has 0 bridgehead atoms. The molecule has 0 radical (unpaired) electrons. The van der Waals surface area contributed by atoms with Crippen molar-refractivity contribution in [2.24, 2.45) is 0 Å². The summed E-state index contributed by atoms with van der Waals surface area (Å²) >= 11 is 0. The third kappa shape index (κ3) is 5.43. The Morgan fingerprint density at radius 2 is 1.89 bits per heavy atom. The van der Waals surface area contributed by atoms with Crippen molar-refractivity contribution in [1.29, 1.82) is 0 Å². The van der Waals surface area contributed by atoms with Gasteiger partial charge in [0.05, 0.1) is 17.1 Å². The molecule has 1 amide bonds. The second-order valence-corrected chi connectivity index (χ2v) is 8.81. The summed E-state index contributed by atoms with van der Waals surface area (Å²) in [4.78, 5) is 26.4. The largest absolute Gasteiger partial charge is 0.452 e. The van der Waals surface area contributed by atoms with E-state index >= 15 is 0 Å². The number of nitrogens with zero attached hydrogens (tertiary/aromatic N) is 2. The molecule has 2 rings (SSSR count). The number of hydrogen-bond acceptors (Lipinski definition) is 7. The van der Waals surface area contributed by atoms with Crippen LogP contribution < -0.4 is 5.32 Å². The Morgan fingerprint density at radius 3 is 2.50 bits per heavy atom. The minimum absolute atomic E-state index is 0.0113. The Morgan fingerprint density at radius 1 is 1.21 bits per heavy atom. The van der Waals surface area contributed by atoms with Crippen molar-refractivity contribution < 1.29 is 27.9 Å². The molecule has 0 spiro atoms. The minimum atomic E-state index is -3.75. The second-order valence-electron chi connectivity index (χ2n) is 6.66. The Hall–Kier alpha value is -2.17. The van der Waals surface area contributed by atoms with E-state index in [1.54, 1.807) is 4.90 Å². The highest BCUT2D eigenvalue weighted by molar-refractivity contribution is 7.89. The summed E-state index contributed by atoms with van der Waals surface area (Å²) in [6, 6.07) is 4.02. The number of benzene rings is 1. The zero-order chi connectivity index (χ0) is 20.7. The number of carbonyl (C=O) groups excluding carboxylic acids is 2. The number of anilines is 1. The first-order valence-corrected chi connectivity index (χ1v) is 10.6.